The first-order valence-corrected chi connectivity index (χ1v) is 2.61. The molecule has 0 bridgehead atoms. The summed E-state index contributed by atoms with van der Waals surface area (Å²) in [6, 6.07) is -1.09. The van der Waals surface area contributed by atoms with Crippen LogP contribution in [0.15, 0.2) is 0 Å². The van der Waals surface area contributed by atoms with Gasteiger partial charge < -0.3 is 10.4 Å². The zero-order valence-electron chi connectivity index (χ0n) is 4.25. The molecule has 5 heteroatoms. The zero-order chi connectivity index (χ0) is 7.02. The fourth-order valence-electron chi connectivity index (χ4n) is 0.495. The summed E-state index contributed by atoms with van der Waals surface area (Å²) in [5.74, 6) is -1.67. The maximum atomic E-state index is 10.4. The molecule has 1 atom stereocenters. The Hall–Kier alpha value is -0.970. The fourth-order valence-corrected chi connectivity index (χ4v) is 0.731. The molecule has 0 saturated carbocycles. The molecule has 0 aromatic rings. The first kappa shape index (κ1) is 6.15. The van der Waals surface area contributed by atoms with Gasteiger partial charge in [0.1, 0.15) is 4.99 Å². The summed E-state index contributed by atoms with van der Waals surface area (Å²) in [5, 5.41) is 10.5. The molecule has 48 valence electrons. The van der Waals surface area contributed by atoms with Crippen molar-refractivity contribution < 1.29 is 14.7 Å². The third-order valence-corrected chi connectivity index (χ3v) is 1.33. The van der Waals surface area contributed by atoms with Crippen molar-refractivity contribution in [2.24, 2.45) is 0 Å². The van der Waals surface area contributed by atoms with Crippen LogP contribution in [0.5, 0.6) is 0 Å². The van der Waals surface area contributed by atoms with Crippen LogP contribution in [0.4, 0.5) is 0 Å². The number of carbonyl (C=O) groups is 2. The molecule has 4 nitrogen and oxygen atoms in total. The fraction of sp³-hybridized carbons (Fsp3) is 0.250. The largest absolute Gasteiger partial charge is 0.479 e. The van der Waals surface area contributed by atoms with Gasteiger partial charge in [-0.05, 0) is 0 Å². The minimum atomic E-state index is -1.17. The number of Topliss-reactive ketones (excluding diaryl/α,β-unsaturated/α-hetero) is 1. The number of ketones is 1. The van der Waals surface area contributed by atoms with E-state index in [0.717, 1.165) is 0 Å². The number of carbonyl (C=O) groups excluding carboxylic acids is 1. The molecule has 0 aliphatic carbocycles. The third-order valence-electron chi connectivity index (χ3n) is 1.01. The minimum Gasteiger partial charge on any atom is -0.479 e. The summed E-state index contributed by atoms with van der Waals surface area (Å²) >= 11 is 4.38. The number of rotatable bonds is 1. The molecular formula is C4H3NO3S. The summed E-state index contributed by atoms with van der Waals surface area (Å²) in [4.78, 5) is 20.4. The molecule has 1 rings (SSSR count). The number of hydrogen-bond acceptors (Lipinski definition) is 3. The summed E-state index contributed by atoms with van der Waals surface area (Å²) in [6.45, 7) is 0. The van der Waals surface area contributed by atoms with E-state index in [-0.39, 0.29) is 4.99 Å². The van der Waals surface area contributed by atoms with Gasteiger partial charge in [-0.1, -0.05) is 12.2 Å². The van der Waals surface area contributed by atoms with Crippen LogP contribution in [0.3, 0.4) is 0 Å². The lowest BCUT2D eigenvalue weighted by Gasteiger charge is -2.23. The van der Waals surface area contributed by atoms with E-state index in [1.54, 1.807) is 0 Å². The molecule has 2 N–H and O–H groups in total. The molecule has 0 radical (unpaired) electrons. The van der Waals surface area contributed by atoms with Crippen molar-refractivity contribution in [2.75, 3.05) is 0 Å². The smallest absolute Gasteiger partial charge is 0.334 e. The van der Waals surface area contributed by atoms with Gasteiger partial charge in [0.15, 0.2) is 6.04 Å². The summed E-state index contributed by atoms with van der Waals surface area (Å²) < 4.78 is 0. The van der Waals surface area contributed by atoms with Crippen molar-refractivity contribution in [3.05, 3.63) is 0 Å². The minimum absolute atomic E-state index is 0.0161. The standard InChI is InChI=1S/C4H3NO3S/c6-2-1(4(7)8)5-3(2)9/h1H,(H,5,9)(H,7,8)/t1-/m0/s1. The van der Waals surface area contributed by atoms with Crippen LogP contribution >= 0.6 is 12.2 Å². The zero-order valence-corrected chi connectivity index (χ0v) is 5.07. The molecule has 0 amide bonds. The van der Waals surface area contributed by atoms with Gasteiger partial charge in [0.25, 0.3) is 0 Å². The molecule has 0 aromatic carbocycles. The van der Waals surface area contributed by atoms with Crippen LogP contribution in [-0.4, -0.2) is 27.9 Å². The van der Waals surface area contributed by atoms with Gasteiger partial charge in [-0.25, -0.2) is 4.79 Å². The van der Waals surface area contributed by atoms with Gasteiger partial charge in [-0.3, -0.25) is 4.79 Å². The predicted molar refractivity (Wildman–Crippen MR) is 32.2 cm³/mol. The highest BCUT2D eigenvalue weighted by molar-refractivity contribution is 7.82. The number of aliphatic carboxylic acids is 1. The number of carboxylic acid groups (broad SMARTS) is 1. The second-order valence-corrected chi connectivity index (χ2v) is 2.02. The Morgan fingerprint density at radius 3 is 2.44 bits per heavy atom. The average Bonchev–Trinajstić information content (AvgIpc) is 1.81. The maximum absolute atomic E-state index is 10.4. The van der Waals surface area contributed by atoms with E-state index < -0.39 is 17.8 Å². The first-order chi connectivity index (χ1) is 4.13. The van der Waals surface area contributed by atoms with Crippen LogP contribution < -0.4 is 5.32 Å². The molecule has 0 unspecified atom stereocenters. The van der Waals surface area contributed by atoms with E-state index in [4.69, 9.17) is 5.11 Å². The lowest BCUT2D eigenvalue weighted by atomic mass is 10.1. The number of hydrogen-bond donors (Lipinski definition) is 2. The van der Waals surface area contributed by atoms with Gasteiger partial charge in [0, 0.05) is 0 Å². The van der Waals surface area contributed by atoms with Crippen LogP contribution in [0, 0.1) is 0 Å². The molecule has 1 saturated heterocycles. The van der Waals surface area contributed by atoms with Gasteiger partial charge in [0.2, 0.25) is 5.78 Å². The molecule has 1 aliphatic heterocycles. The average molecular weight is 145 g/mol. The SMILES string of the molecule is O=C(O)[C@H]1NC(=S)C1=O. The van der Waals surface area contributed by atoms with E-state index >= 15 is 0 Å². The molecule has 0 spiro atoms. The predicted octanol–water partition coefficient (Wildman–Crippen LogP) is -1.06. The molecule has 1 fully saturated rings. The Bertz CT molecular complexity index is 200. The number of carboxylic acids is 1. The molecular weight excluding hydrogens is 142 g/mol. The van der Waals surface area contributed by atoms with Gasteiger partial charge in [-0.15, -0.1) is 0 Å². The van der Waals surface area contributed by atoms with E-state index in [0.29, 0.717) is 0 Å². The summed E-state index contributed by atoms with van der Waals surface area (Å²) in [5.41, 5.74) is 0. The van der Waals surface area contributed by atoms with E-state index in [2.05, 4.69) is 17.5 Å². The van der Waals surface area contributed by atoms with E-state index in [1.807, 2.05) is 0 Å². The van der Waals surface area contributed by atoms with Crippen molar-refractivity contribution in [1.82, 2.24) is 5.32 Å². The Morgan fingerprint density at radius 1 is 1.78 bits per heavy atom. The Labute approximate surface area is 55.9 Å². The van der Waals surface area contributed by atoms with Crippen molar-refractivity contribution in [3.8, 4) is 0 Å². The Kier molecular flexibility index (Phi) is 1.21. The van der Waals surface area contributed by atoms with Crippen LogP contribution in [0.1, 0.15) is 0 Å². The van der Waals surface area contributed by atoms with Crippen LogP contribution in [-0.2, 0) is 9.59 Å². The maximum Gasteiger partial charge on any atom is 0.334 e. The van der Waals surface area contributed by atoms with Crippen LogP contribution in [0.2, 0.25) is 0 Å². The molecule has 1 aliphatic rings. The van der Waals surface area contributed by atoms with Crippen LogP contribution in [0.25, 0.3) is 0 Å². The van der Waals surface area contributed by atoms with Crippen molar-refractivity contribution >= 4 is 29.0 Å². The topological polar surface area (TPSA) is 66.4 Å². The Morgan fingerprint density at radius 2 is 2.33 bits per heavy atom. The lowest BCUT2D eigenvalue weighted by molar-refractivity contribution is -0.142. The monoisotopic (exact) mass is 145 g/mol. The van der Waals surface area contributed by atoms with E-state index in [9.17, 15) is 9.59 Å². The highest BCUT2D eigenvalue weighted by Crippen LogP contribution is 2.00. The number of thiocarbonyl (C=S) groups is 1. The normalized spacial score (nSPS) is 24.7. The molecule has 9 heavy (non-hydrogen) atoms. The van der Waals surface area contributed by atoms with E-state index in [1.165, 1.54) is 0 Å². The highest BCUT2D eigenvalue weighted by Gasteiger charge is 2.39. The Balaban J connectivity index is 2.62. The third kappa shape index (κ3) is 0.787. The van der Waals surface area contributed by atoms with Crippen molar-refractivity contribution in [3.63, 3.8) is 0 Å². The summed E-state index contributed by atoms with van der Waals surface area (Å²) in [6.07, 6.45) is 0. The molecule has 0 aromatic heterocycles. The van der Waals surface area contributed by atoms with Crippen molar-refractivity contribution in [2.45, 2.75) is 6.04 Å². The first-order valence-electron chi connectivity index (χ1n) is 2.20. The second-order valence-electron chi connectivity index (χ2n) is 1.61. The van der Waals surface area contributed by atoms with Crippen molar-refractivity contribution in [1.29, 1.82) is 0 Å². The summed E-state index contributed by atoms with van der Waals surface area (Å²) in [7, 11) is 0. The van der Waals surface area contributed by atoms with Gasteiger partial charge in [-0.2, -0.15) is 0 Å². The highest BCUT2D eigenvalue weighted by atomic mass is 32.1. The lowest BCUT2D eigenvalue weighted by Crippen LogP contribution is -2.61. The van der Waals surface area contributed by atoms with Gasteiger partial charge >= 0.3 is 5.97 Å². The molecule has 1 heterocycles. The second kappa shape index (κ2) is 1.77. The number of nitrogens with one attached hydrogen (secondary N) is 1. The van der Waals surface area contributed by atoms with Gasteiger partial charge in [0.05, 0.1) is 0 Å². The quantitative estimate of drug-likeness (QED) is 0.363.